The topological polar surface area (TPSA) is 77.5 Å². The van der Waals surface area contributed by atoms with Crippen LogP contribution >= 0.6 is 0 Å². The second-order valence-corrected chi connectivity index (χ2v) is 10.3. The molecule has 8 heteroatoms. The highest BCUT2D eigenvalue weighted by Crippen LogP contribution is 2.40. The van der Waals surface area contributed by atoms with E-state index in [2.05, 4.69) is 0 Å². The molecule has 0 radical (unpaired) electrons. The summed E-state index contributed by atoms with van der Waals surface area (Å²) in [7, 11) is 1.59. The van der Waals surface area contributed by atoms with Gasteiger partial charge in [0.2, 0.25) is 0 Å². The van der Waals surface area contributed by atoms with Gasteiger partial charge in [0, 0.05) is 5.69 Å². The average Bonchev–Trinajstić information content (AvgIpc) is 3.11. The van der Waals surface area contributed by atoms with Crippen molar-refractivity contribution in [2.75, 3.05) is 18.6 Å². The van der Waals surface area contributed by atoms with Crippen LogP contribution in [0.4, 0.5) is 10.5 Å². The van der Waals surface area contributed by atoms with Crippen molar-refractivity contribution in [1.29, 1.82) is 0 Å². The van der Waals surface area contributed by atoms with Gasteiger partial charge in [0.1, 0.15) is 17.1 Å². The number of benzene rings is 2. The molecular weight excluding hydrogens is 448 g/mol. The first kappa shape index (κ1) is 25.0. The molecule has 4 rings (SSSR count). The van der Waals surface area contributed by atoms with Crippen molar-refractivity contribution in [1.82, 2.24) is 4.90 Å². The monoisotopic (exact) mass is 482 g/mol. The standard InChI is InChI=1S/C27H34N2O6/c1-26(2,3)35-25(31)29-21(17-34-27(29,4)5)22-23(33-16-18-10-8-7-9-11-18)24(30)28(22)19-12-14-20(32-6)15-13-19/h7-15,21-23H,16-17H2,1-6H3/t21?,22-,23+/m1/s1. The first-order valence-electron chi connectivity index (χ1n) is 11.8. The van der Waals surface area contributed by atoms with Gasteiger partial charge in [-0.15, -0.1) is 0 Å². The van der Waals surface area contributed by atoms with Crippen LogP contribution in [0.3, 0.4) is 0 Å². The highest BCUT2D eigenvalue weighted by Gasteiger charge is 2.60. The van der Waals surface area contributed by atoms with Crippen LogP contribution in [-0.4, -0.2) is 60.1 Å². The van der Waals surface area contributed by atoms with E-state index in [1.807, 2.05) is 77.1 Å². The van der Waals surface area contributed by atoms with Gasteiger partial charge in [-0.3, -0.25) is 9.69 Å². The van der Waals surface area contributed by atoms with Gasteiger partial charge >= 0.3 is 6.09 Å². The third-order valence-electron chi connectivity index (χ3n) is 6.22. The molecule has 0 bridgehead atoms. The lowest BCUT2D eigenvalue weighted by Crippen LogP contribution is -2.73. The lowest BCUT2D eigenvalue weighted by Gasteiger charge is -2.51. The Balaban J connectivity index is 1.65. The number of nitrogens with zero attached hydrogens (tertiary/aromatic N) is 2. The summed E-state index contributed by atoms with van der Waals surface area (Å²) in [6, 6.07) is 16.1. The van der Waals surface area contributed by atoms with Crippen molar-refractivity contribution < 1.29 is 28.5 Å². The predicted molar refractivity (Wildman–Crippen MR) is 131 cm³/mol. The number of hydrogen-bond donors (Lipinski definition) is 0. The first-order chi connectivity index (χ1) is 16.5. The molecule has 2 fully saturated rings. The average molecular weight is 483 g/mol. The van der Waals surface area contributed by atoms with Gasteiger partial charge in [-0.05, 0) is 64.4 Å². The number of amides is 2. The van der Waals surface area contributed by atoms with E-state index in [0.29, 0.717) is 11.4 Å². The molecular formula is C27H34N2O6. The fourth-order valence-corrected chi connectivity index (χ4v) is 4.58. The van der Waals surface area contributed by atoms with Gasteiger partial charge in [0.05, 0.1) is 32.4 Å². The second-order valence-electron chi connectivity index (χ2n) is 10.3. The molecule has 1 unspecified atom stereocenters. The van der Waals surface area contributed by atoms with Gasteiger partial charge in [-0.1, -0.05) is 30.3 Å². The third-order valence-corrected chi connectivity index (χ3v) is 6.22. The van der Waals surface area contributed by atoms with E-state index in [9.17, 15) is 9.59 Å². The van der Waals surface area contributed by atoms with Crippen LogP contribution in [0.15, 0.2) is 54.6 Å². The molecule has 2 aliphatic heterocycles. The molecule has 2 heterocycles. The number of carbonyl (C=O) groups is 2. The van der Waals surface area contributed by atoms with Crippen molar-refractivity contribution in [3.05, 3.63) is 60.2 Å². The van der Waals surface area contributed by atoms with Crippen LogP contribution in [0.1, 0.15) is 40.2 Å². The van der Waals surface area contributed by atoms with E-state index in [1.54, 1.807) is 29.0 Å². The number of hydrogen-bond acceptors (Lipinski definition) is 6. The zero-order chi connectivity index (χ0) is 25.4. The number of β-lactam (4-membered cyclic amide) rings is 1. The van der Waals surface area contributed by atoms with E-state index in [1.165, 1.54) is 0 Å². The summed E-state index contributed by atoms with van der Waals surface area (Å²) in [5, 5.41) is 0. The van der Waals surface area contributed by atoms with Crippen LogP contribution < -0.4 is 9.64 Å². The van der Waals surface area contributed by atoms with Crippen LogP contribution in [0.2, 0.25) is 0 Å². The number of rotatable bonds is 6. The Labute approximate surface area is 206 Å². The summed E-state index contributed by atoms with van der Waals surface area (Å²) < 4.78 is 23.2. The quantitative estimate of drug-likeness (QED) is 0.569. The summed E-state index contributed by atoms with van der Waals surface area (Å²) in [4.78, 5) is 29.9. The smallest absolute Gasteiger partial charge is 0.412 e. The largest absolute Gasteiger partial charge is 0.497 e. The molecule has 2 aromatic carbocycles. The summed E-state index contributed by atoms with van der Waals surface area (Å²) >= 11 is 0. The Kier molecular flexibility index (Phi) is 6.79. The molecule has 8 nitrogen and oxygen atoms in total. The lowest BCUT2D eigenvalue weighted by atomic mass is 9.89. The molecule has 2 amide bonds. The molecule has 35 heavy (non-hydrogen) atoms. The summed E-state index contributed by atoms with van der Waals surface area (Å²) in [6.45, 7) is 9.67. The number of anilines is 1. The van der Waals surface area contributed by atoms with E-state index in [0.717, 1.165) is 5.56 Å². The zero-order valence-electron chi connectivity index (χ0n) is 21.2. The lowest BCUT2D eigenvalue weighted by molar-refractivity contribution is -0.146. The van der Waals surface area contributed by atoms with E-state index in [-0.39, 0.29) is 19.1 Å². The number of ether oxygens (including phenoxy) is 4. The number of methoxy groups -OCH3 is 1. The molecule has 188 valence electrons. The normalized spacial score (nSPS) is 23.7. The van der Waals surface area contributed by atoms with Gasteiger partial charge in [-0.2, -0.15) is 0 Å². The molecule has 2 aliphatic rings. The fourth-order valence-electron chi connectivity index (χ4n) is 4.58. The molecule has 0 N–H and O–H groups in total. The van der Waals surface area contributed by atoms with Gasteiger partial charge in [0.15, 0.2) is 6.10 Å². The Bertz CT molecular complexity index is 1050. The van der Waals surface area contributed by atoms with Crippen LogP contribution in [0.5, 0.6) is 5.75 Å². The van der Waals surface area contributed by atoms with Crippen molar-refractivity contribution >= 4 is 17.7 Å². The molecule has 0 saturated carbocycles. The van der Waals surface area contributed by atoms with E-state index >= 15 is 0 Å². The van der Waals surface area contributed by atoms with Crippen molar-refractivity contribution in [3.8, 4) is 5.75 Å². The molecule has 0 aliphatic carbocycles. The van der Waals surface area contributed by atoms with Crippen LogP contribution in [0, 0.1) is 0 Å². The molecule has 2 saturated heterocycles. The van der Waals surface area contributed by atoms with E-state index in [4.69, 9.17) is 18.9 Å². The zero-order valence-corrected chi connectivity index (χ0v) is 21.2. The first-order valence-corrected chi connectivity index (χ1v) is 11.8. The van der Waals surface area contributed by atoms with Gasteiger partial charge in [0.25, 0.3) is 5.91 Å². The molecule has 2 aromatic rings. The summed E-state index contributed by atoms with van der Waals surface area (Å²) in [5.41, 5.74) is 0.0960. The highest BCUT2D eigenvalue weighted by atomic mass is 16.6. The molecule has 0 aromatic heterocycles. The Hall–Kier alpha value is -3.10. The van der Waals surface area contributed by atoms with Gasteiger partial charge in [-0.25, -0.2) is 4.79 Å². The van der Waals surface area contributed by atoms with E-state index < -0.39 is 35.6 Å². The summed E-state index contributed by atoms with van der Waals surface area (Å²) in [6.07, 6.45) is -1.22. The number of carbonyl (C=O) groups excluding carboxylic acids is 2. The minimum Gasteiger partial charge on any atom is -0.497 e. The molecule has 0 spiro atoms. The molecule has 3 atom stereocenters. The van der Waals surface area contributed by atoms with Crippen LogP contribution in [0.25, 0.3) is 0 Å². The van der Waals surface area contributed by atoms with Crippen LogP contribution in [-0.2, 0) is 25.6 Å². The minimum atomic E-state index is -0.902. The highest BCUT2D eigenvalue weighted by molar-refractivity contribution is 6.05. The summed E-state index contributed by atoms with van der Waals surface area (Å²) in [5.74, 6) is 0.529. The maximum Gasteiger partial charge on any atom is 0.412 e. The Morgan fingerprint density at radius 2 is 1.74 bits per heavy atom. The van der Waals surface area contributed by atoms with Crippen molar-refractivity contribution in [2.45, 2.75) is 70.7 Å². The van der Waals surface area contributed by atoms with Gasteiger partial charge < -0.3 is 23.8 Å². The third kappa shape index (κ3) is 5.13. The SMILES string of the molecule is COc1ccc(N2C(=O)[C@@H](OCc3ccccc3)[C@H]2C2COC(C)(C)N2C(=O)OC(C)(C)C)cc1. The maximum absolute atomic E-state index is 13.4. The second kappa shape index (κ2) is 9.51. The Morgan fingerprint density at radius 1 is 1.09 bits per heavy atom. The van der Waals surface area contributed by atoms with Crippen molar-refractivity contribution in [3.63, 3.8) is 0 Å². The maximum atomic E-state index is 13.4. The Morgan fingerprint density at radius 3 is 2.34 bits per heavy atom. The van der Waals surface area contributed by atoms with Crippen molar-refractivity contribution in [2.24, 2.45) is 0 Å². The fraction of sp³-hybridized carbons (Fsp3) is 0.481. The minimum absolute atomic E-state index is 0.162. The predicted octanol–water partition coefficient (Wildman–Crippen LogP) is 4.37.